The van der Waals surface area contributed by atoms with Crippen molar-refractivity contribution in [3.8, 4) is 11.5 Å². The van der Waals surface area contributed by atoms with E-state index in [0.29, 0.717) is 12.0 Å². The van der Waals surface area contributed by atoms with Crippen LogP contribution in [-0.4, -0.2) is 24.5 Å². The molecule has 0 bridgehead atoms. The van der Waals surface area contributed by atoms with Gasteiger partial charge in [-0.3, -0.25) is 0 Å². The summed E-state index contributed by atoms with van der Waals surface area (Å²) in [6.07, 6.45) is 1.69. The summed E-state index contributed by atoms with van der Waals surface area (Å²) in [6, 6.07) is 12.3. The SMILES string of the molecule is CCCCCCOC(=O)c1cc(N)cc(N)c1OC(=O)C=Cc1ccc(OC(=O)c2ccc(C(F)(F)F)cc2)cc1. The van der Waals surface area contributed by atoms with Crippen molar-refractivity contribution in [3.05, 3.63) is 89.0 Å². The summed E-state index contributed by atoms with van der Waals surface area (Å²) < 4.78 is 53.9. The number of carbonyl (C=O) groups excluding carboxylic acids is 3. The van der Waals surface area contributed by atoms with Crippen LogP contribution >= 0.6 is 0 Å². The number of nitrogen functional groups attached to an aromatic ring is 2. The topological polar surface area (TPSA) is 131 Å². The molecule has 0 radical (unpaired) electrons. The zero-order valence-corrected chi connectivity index (χ0v) is 22.2. The Hall–Kier alpha value is -4.80. The van der Waals surface area contributed by atoms with Crippen molar-refractivity contribution in [1.82, 2.24) is 0 Å². The largest absolute Gasteiger partial charge is 0.462 e. The van der Waals surface area contributed by atoms with Crippen LogP contribution in [0.2, 0.25) is 0 Å². The van der Waals surface area contributed by atoms with E-state index in [-0.39, 0.29) is 40.6 Å². The Kier molecular flexibility index (Phi) is 10.5. The molecule has 0 spiro atoms. The summed E-state index contributed by atoms with van der Waals surface area (Å²) in [5.74, 6) is -2.40. The molecule has 0 aromatic heterocycles. The van der Waals surface area contributed by atoms with Gasteiger partial charge < -0.3 is 25.7 Å². The van der Waals surface area contributed by atoms with Crippen LogP contribution in [0.15, 0.2) is 66.7 Å². The predicted molar refractivity (Wildman–Crippen MR) is 147 cm³/mol. The standard InChI is InChI=1S/C30H29F3N2O6/c1-2-3-4-5-16-39-29(38)24-17-22(34)18-25(35)27(24)41-26(36)15-8-19-6-13-23(14-7-19)40-28(37)20-9-11-21(12-10-20)30(31,32)33/h6-15,17-18H,2-5,16,34-35H2,1H3. The van der Waals surface area contributed by atoms with E-state index in [1.165, 1.54) is 42.5 Å². The van der Waals surface area contributed by atoms with E-state index in [2.05, 4.69) is 6.92 Å². The number of unbranched alkanes of at least 4 members (excludes halogenated alkanes) is 3. The molecule has 3 rings (SSSR count). The van der Waals surface area contributed by atoms with Crippen LogP contribution in [0.4, 0.5) is 24.5 Å². The van der Waals surface area contributed by atoms with Gasteiger partial charge in [-0.1, -0.05) is 38.3 Å². The van der Waals surface area contributed by atoms with E-state index in [9.17, 15) is 27.6 Å². The molecule has 0 saturated heterocycles. The summed E-state index contributed by atoms with van der Waals surface area (Å²) in [6.45, 7) is 2.27. The minimum absolute atomic E-state index is 0.0103. The maximum Gasteiger partial charge on any atom is 0.416 e. The highest BCUT2D eigenvalue weighted by atomic mass is 19.4. The van der Waals surface area contributed by atoms with Crippen LogP contribution in [0.5, 0.6) is 11.5 Å². The van der Waals surface area contributed by atoms with Crippen molar-refractivity contribution in [2.24, 2.45) is 0 Å². The first-order chi connectivity index (χ1) is 19.5. The van der Waals surface area contributed by atoms with Crippen molar-refractivity contribution < 1.29 is 41.8 Å². The first kappa shape index (κ1) is 30.7. The predicted octanol–water partition coefficient (Wildman–Crippen LogP) is 6.44. The summed E-state index contributed by atoms with van der Waals surface area (Å²) in [5, 5.41) is 0. The third-order valence-electron chi connectivity index (χ3n) is 5.74. The molecule has 0 atom stereocenters. The molecule has 216 valence electrons. The van der Waals surface area contributed by atoms with E-state index in [1.807, 2.05) is 0 Å². The van der Waals surface area contributed by atoms with Crippen LogP contribution in [0.25, 0.3) is 6.08 Å². The van der Waals surface area contributed by atoms with Gasteiger partial charge in [0.05, 0.1) is 23.4 Å². The molecule has 11 heteroatoms. The molecule has 8 nitrogen and oxygen atoms in total. The van der Waals surface area contributed by atoms with Crippen LogP contribution < -0.4 is 20.9 Å². The zero-order chi connectivity index (χ0) is 30.0. The monoisotopic (exact) mass is 570 g/mol. The van der Waals surface area contributed by atoms with Gasteiger partial charge in [0.25, 0.3) is 0 Å². The number of esters is 3. The van der Waals surface area contributed by atoms with Gasteiger partial charge in [-0.05, 0) is 66.6 Å². The van der Waals surface area contributed by atoms with Gasteiger partial charge in [0.1, 0.15) is 11.3 Å². The van der Waals surface area contributed by atoms with Gasteiger partial charge in [0.15, 0.2) is 5.75 Å². The van der Waals surface area contributed by atoms with Crippen LogP contribution in [0, 0.1) is 0 Å². The third kappa shape index (κ3) is 9.13. The highest BCUT2D eigenvalue weighted by Gasteiger charge is 2.30. The summed E-state index contributed by atoms with van der Waals surface area (Å²) in [7, 11) is 0. The molecule has 0 amide bonds. The molecular weight excluding hydrogens is 541 g/mol. The number of hydrogen-bond donors (Lipinski definition) is 2. The van der Waals surface area contributed by atoms with Crippen molar-refractivity contribution >= 4 is 35.4 Å². The van der Waals surface area contributed by atoms with Crippen molar-refractivity contribution in [3.63, 3.8) is 0 Å². The summed E-state index contributed by atoms with van der Waals surface area (Å²) in [5.41, 5.74) is 11.5. The highest BCUT2D eigenvalue weighted by molar-refractivity contribution is 5.98. The van der Waals surface area contributed by atoms with Gasteiger partial charge in [-0.25, -0.2) is 14.4 Å². The third-order valence-corrected chi connectivity index (χ3v) is 5.74. The van der Waals surface area contributed by atoms with Crippen LogP contribution in [0.1, 0.15) is 64.4 Å². The summed E-state index contributed by atoms with van der Waals surface area (Å²) >= 11 is 0. The maximum absolute atomic E-state index is 12.7. The van der Waals surface area contributed by atoms with Crippen molar-refractivity contribution in [1.29, 1.82) is 0 Å². The van der Waals surface area contributed by atoms with Gasteiger partial charge in [0.2, 0.25) is 0 Å². The zero-order valence-electron chi connectivity index (χ0n) is 22.2. The van der Waals surface area contributed by atoms with E-state index >= 15 is 0 Å². The number of alkyl halides is 3. The van der Waals surface area contributed by atoms with Gasteiger partial charge in [0, 0.05) is 11.8 Å². The van der Waals surface area contributed by atoms with Gasteiger partial charge in [-0.2, -0.15) is 13.2 Å². The fraction of sp³-hybridized carbons (Fsp3) is 0.233. The van der Waals surface area contributed by atoms with Gasteiger partial charge >= 0.3 is 24.1 Å². The van der Waals surface area contributed by atoms with Crippen molar-refractivity contribution in [2.45, 2.75) is 38.8 Å². The Bertz CT molecular complexity index is 1400. The highest BCUT2D eigenvalue weighted by Crippen LogP contribution is 2.31. The lowest BCUT2D eigenvalue weighted by atomic mass is 10.1. The molecule has 0 saturated carbocycles. The smallest absolute Gasteiger partial charge is 0.416 e. The van der Waals surface area contributed by atoms with Crippen LogP contribution in [-0.2, 0) is 15.7 Å². The number of anilines is 2. The Labute approximate surface area is 234 Å². The Balaban J connectivity index is 1.61. The molecule has 3 aromatic carbocycles. The number of hydrogen-bond acceptors (Lipinski definition) is 8. The van der Waals surface area contributed by atoms with E-state index in [4.69, 9.17) is 25.7 Å². The minimum Gasteiger partial charge on any atom is -0.462 e. The minimum atomic E-state index is -4.51. The number of ether oxygens (including phenoxy) is 3. The number of carbonyl (C=O) groups is 3. The molecule has 0 aliphatic heterocycles. The lowest BCUT2D eigenvalue weighted by Crippen LogP contribution is -2.14. The number of rotatable bonds is 11. The average Bonchev–Trinajstić information content (AvgIpc) is 2.93. The molecule has 0 unspecified atom stereocenters. The van der Waals surface area contributed by atoms with Crippen LogP contribution in [0.3, 0.4) is 0 Å². The molecule has 0 aliphatic rings. The van der Waals surface area contributed by atoms with Crippen molar-refractivity contribution in [2.75, 3.05) is 18.1 Å². The second kappa shape index (κ2) is 14.0. The van der Waals surface area contributed by atoms with E-state index < -0.39 is 29.6 Å². The second-order valence-corrected chi connectivity index (χ2v) is 8.97. The fourth-order valence-electron chi connectivity index (χ4n) is 3.62. The molecule has 0 heterocycles. The second-order valence-electron chi connectivity index (χ2n) is 8.97. The number of nitrogens with two attached hydrogens (primary N) is 2. The lowest BCUT2D eigenvalue weighted by molar-refractivity contribution is -0.137. The Morgan fingerprint density at radius 1 is 0.854 bits per heavy atom. The lowest BCUT2D eigenvalue weighted by Gasteiger charge is -2.12. The quantitative estimate of drug-likeness (QED) is 0.0885. The Morgan fingerprint density at radius 3 is 2.17 bits per heavy atom. The molecular formula is C30H29F3N2O6. The average molecular weight is 571 g/mol. The Morgan fingerprint density at radius 2 is 1.54 bits per heavy atom. The molecule has 0 aliphatic carbocycles. The number of benzene rings is 3. The molecule has 0 fully saturated rings. The van der Waals surface area contributed by atoms with E-state index in [0.717, 1.165) is 49.6 Å². The fourth-order valence-corrected chi connectivity index (χ4v) is 3.62. The normalized spacial score (nSPS) is 11.3. The van der Waals surface area contributed by atoms with Gasteiger partial charge in [-0.15, -0.1) is 0 Å². The maximum atomic E-state index is 12.7. The molecule has 41 heavy (non-hydrogen) atoms. The summed E-state index contributed by atoms with van der Waals surface area (Å²) in [4.78, 5) is 37.3. The van der Waals surface area contributed by atoms with E-state index in [1.54, 1.807) is 0 Å². The first-order valence-corrected chi connectivity index (χ1v) is 12.7. The molecule has 3 aromatic rings. The number of halogens is 3. The first-order valence-electron chi connectivity index (χ1n) is 12.7. The molecule has 4 N–H and O–H groups in total.